The van der Waals surface area contributed by atoms with Crippen molar-refractivity contribution < 1.29 is 18.8 Å². The average molecular weight is 396 g/mol. The van der Waals surface area contributed by atoms with E-state index in [-0.39, 0.29) is 17.8 Å². The van der Waals surface area contributed by atoms with Gasteiger partial charge in [0.25, 0.3) is 11.8 Å². The van der Waals surface area contributed by atoms with E-state index in [1.165, 1.54) is 12.5 Å². The van der Waals surface area contributed by atoms with E-state index >= 15 is 0 Å². The number of carbonyl (C=O) groups is 3. The summed E-state index contributed by atoms with van der Waals surface area (Å²) in [4.78, 5) is 40.3. The maximum atomic E-state index is 12.9. The smallest absolute Gasteiger partial charge is 0.321 e. The average Bonchev–Trinajstić information content (AvgIpc) is 3.44. The SMILES string of the molecule is O=C(NCC1CCN(C(=O)c2cccc(N3CCNC3=O)c2)CC1)c1ccoc1. The first kappa shape index (κ1) is 19.0. The van der Waals surface area contributed by atoms with E-state index in [0.717, 1.165) is 18.5 Å². The highest BCUT2D eigenvalue weighted by molar-refractivity contribution is 5.98. The van der Waals surface area contributed by atoms with Crippen LogP contribution in [0.1, 0.15) is 33.6 Å². The Kier molecular flexibility index (Phi) is 5.50. The lowest BCUT2D eigenvalue weighted by Gasteiger charge is -2.32. The van der Waals surface area contributed by atoms with Gasteiger partial charge in [0.15, 0.2) is 0 Å². The highest BCUT2D eigenvalue weighted by Crippen LogP contribution is 2.22. The normalized spacial score (nSPS) is 17.3. The second kappa shape index (κ2) is 8.38. The van der Waals surface area contributed by atoms with Crippen LogP contribution in [0.5, 0.6) is 0 Å². The van der Waals surface area contributed by atoms with E-state index in [2.05, 4.69) is 10.6 Å². The molecule has 2 aromatic rings. The van der Waals surface area contributed by atoms with Gasteiger partial charge in [0.05, 0.1) is 11.8 Å². The molecule has 4 rings (SSSR count). The Labute approximate surface area is 168 Å². The lowest BCUT2D eigenvalue weighted by molar-refractivity contribution is 0.0684. The number of hydrogen-bond acceptors (Lipinski definition) is 4. The zero-order chi connectivity index (χ0) is 20.2. The van der Waals surface area contributed by atoms with Gasteiger partial charge in [-0.2, -0.15) is 0 Å². The molecule has 2 aliphatic heterocycles. The highest BCUT2D eigenvalue weighted by atomic mass is 16.3. The summed E-state index contributed by atoms with van der Waals surface area (Å²) in [5, 5.41) is 5.70. The van der Waals surface area contributed by atoms with Crippen LogP contribution in [-0.4, -0.2) is 55.5 Å². The number of furan rings is 1. The summed E-state index contributed by atoms with van der Waals surface area (Å²) in [6, 6.07) is 8.73. The number of hydrogen-bond donors (Lipinski definition) is 2. The number of rotatable bonds is 5. The topological polar surface area (TPSA) is 94.9 Å². The predicted molar refractivity (Wildman–Crippen MR) is 107 cm³/mol. The summed E-state index contributed by atoms with van der Waals surface area (Å²) in [7, 11) is 0. The first-order valence-electron chi connectivity index (χ1n) is 9.87. The van der Waals surface area contributed by atoms with Crippen molar-refractivity contribution in [1.82, 2.24) is 15.5 Å². The third-order valence-corrected chi connectivity index (χ3v) is 5.50. The van der Waals surface area contributed by atoms with Crippen LogP contribution in [0.2, 0.25) is 0 Å². The molecule has 2 N–H and O–H groups in total. The van der Waals surface area contributed by atoms with Crippen LogP contribution < -0.4 is 15.5 Å². The molecule has 8 nitrogen and oxygen atoms in total. The Morgan fingerprint density at radius 1 is 1.14 bits per heavy atom. The number of urea groups is 1. The minimum absolute atomic E-state index is 0.0210. The fraction of sp³-hybridized carbons (Fsp3) is 0.381. The first-order valence-corrected chi connectivity index (χ1v) is 9.87. The lowest BCUT2D eigenvalue weighted by Crippen LogP contribution is -2.41. The highest BCUT2D eigenvalue weighted by Gasteiger charge is 2.26. The Hall–Kier alpha value is -3.29. The van der Waals surface area contributed by atoms with Gasteiger partial charge in [0.2, 0.25) is 0 Å². The third-order valence-electron chi connectivity index (χ3n) is 5.50. The molecule has 152 valence electrons. The molecular formula is C21H24N4O4. The van der Waals surface area contributed by atoms with E-state index < -0.39 is 0 Å². The number of likely N-dealkylation sites (tertiary alicyclic amines) is 1. The predicted octanol–water partition coefficient (Wildman–Crippen LogP) is 2.09. The summed E-state index contributed by atoms with van der Waals surface area (Å²) >= 11 is 0. The van der Waals surface area contributed by atoms with Crippen LogP contribution in [0.25, 0.3) is 0 Å². The van der Waals surface area contributed by atoms with Gasteiger partial charge >= 0.3 is 6.03 Å². The standard InChI is InChI=1S/C21H24N4O4/c26-19(17-6-11-29-14-17)23-13-15-4-8-24(9-5-15)20(27)16-2-1-3-18(12-16)25-10-7-22-21(25)28/h1-3,6,11-12,14-15H,4-5,7-10,13H2,(H,22,28)(H,23,26). The summed E-state index contributed by atoms with van der Waals surface area (Å²) in [5.74, 6) is 0.182. The first-order chi connectivity index (χ1) is 14.1. The molecule has 1 aromatic heterocycles. The third kappa shape index (κ3) is 4.26. The molecule has 29 heavy (non-hydrogen) atoms. The molecule has 0 saturated carbocycles. The van der Waals surface area contributed by atoms with Gasteiger partial charge in [-0.15, -0.1) is 0 Å². The fourth-order valence-corrected chi connectivity index (χ4v) is 3.78. The van der Waals surface area contributed by atoms with E-state index in [9.17, 15) is 14.4 Å². The van der Waals surface area contributed by atoms with E-state index in [1.807, 2.05) is 17.0 Å². The lowest BCUT2D eigenvalue weighted by atomic mass is 9.96. The van der Waals surface area contributed by atoms with Crippen molar-refractivity contribution >= 4 is 23.5 Å². The molecule has 8 heteroatoms. The Bertz CT molecular complexity index is 888. The van der Waals surface area contributed by atoms with Crippen LogP contribution in [0, 0.1) is 5.92 Å². The Balaban J connectivity index is 1.30. The van der Waals surface area contributed by atoms with Crippen LogP contribution in [0.15, 0.2) is 47.3 Å². The summed E-state index contributed by atoms with van der Waals surface area (Å²) < 4.78 is 4.93. The molecule has 1 aromatic carbocycles. The van der Waals surface area contributed by atoms with E-state index in [0.29, 0.717) is 49.8 Å². The van der Waals surface area contributed by atoms with Gasteiger partial charge in [0, 0.05) is 44.0 Å². The molecule has 2 aliphatic rings. The quantitative estimate of drug-likeness (QED) is 0.809. The van der Waals surface area contributed by atoms with Gasteiger partial charge in [-0.05, 0) is 43.0 Å². The van der Waals surface area contributed by atoms with Crippen molar-refractivity contribution in [3.8, 4) is 0 Å². The molecule has 0 spiro atoms. The number of carbonyl (C=O) groups excluding carboxylic acids is 3. The van der Waals surface area contributed by atoms with Crippen molar-refractivity contribution in [1.29, 1.82) is 0 Å². The monoisotopic (exact) mass is 396 g/mol. The zero-order valence-electron chi connectivity index (χ0n) is 16.1. The summed E-state index contributed by atoms with van der Waals surface area (Å²) in [5.41, 5.74) is 1.85. The largest absolute Gasteiger partial charge is 0.472 e. The number of piperidine rings is 1. The van der Waals surface area contributed by atoms with Crippen molar-refractivity contribution in [2.75, 3.05) is 37.6 Å². The second-order valence-electron chi connectivity index (χ2n) is 7.39. The van der Waals surface area contributed by atoms with Crippen molar-refractivity contribution in [2.45, 2.75) is 12.8 Å². The summed E-state index contributed by atoms with van der Waals surface area (Å²) in [6.07, 6.45) is 4.58. The number of anilines is 1. The maximum Gasteiger partial charge on any atom is 0.321 e. The van der Waals surface area contributed by atoms with Gasteiger partial charge in [0.1, 0.15) is 6.26 Å². The Morgan fingerprint density at radius 3 is 2.66 bits per heavy atom. The molecule has 3 heterocycles. The Morgan fingerprint density at radius 2 is 1.97 bits per heavy atom. The number of amides is 4. The summed E-state index contributed by atoms with van der Waals surface area (Å²) in [6.45, 7) is 3.11. The minimum atomic E-state index is -0.139. The molecule has 0 aliphatic carbocycles. The van der Waals surface area contributed by atoms with Gasteiger partial charge in [-0.25, -0.2) is 4.79 Å². The molecule has 0 bridgehead atoms. The molecule has 0 radical (unpaired) electrons. The number of nitrogens with zero attached hydrogens (tertiary/aromatic N) is 2. The van der Waals surface area contributed by atoms with Gasteiger partial charge in [-0.3, -0.25) is 14.5 Å². The second-order valence-corrected chi connectivity index (χ2v) is 7.39. The number of nitrogens with one attached hydrogen (secondary N) is 2. The van der Waals surface area contributed by atoms with Crippen LogP contribution in [-0.2, 0) is 0 Å². The minimum Gasteiger partial charge on any atom is -0.472 e. The van der Waals surface area contributed by atoms with Crippen molar-refractivity contribution in [3.63, 3.8) is 0 Å². The van der Waals surface area contributed by atoms with E-state index in [4.69, 9.17) is 4.42 Å². The zero-order valence-corrected chi connectivity index (χ0v) is 16.1. The fourth-order valence-electron chi connectivity index (χ4n) is 3.78. The van der Waals surface area contributed by atoms with E-state index in [1.54, 1.807) is 23.1 Å². The number of benzene rings is 1. The van der Waals surface area contributed by atoms with Gasteiger partial charge < -0.3 is 20.0 Å². The van der Waals surface area contributed by atoms with Crippen molar-refractivity contribution in [3.05, 3.63) is 54.0 Å². The molecule has 4 amide bonds. The van der Waals surface area contributed by atoms with Crippen molar-refractivity contribution in [2.24, 2.45) is 5.92 Å². The maximum absolute atomic E-state index is 12.9. The van der Waals surface area contributed by atoms with Gasteiger partial charge in [-0.1, -0.05) is 6.07 Å². The molecule has 0 atom stereocenters. The molecule has 2 saturated heterocycles. The molecular weight excluding hydrogens is 372 g/mol. The molecule has 0 unspecified atom stereocenters. The molecule has 2 fully saturated rings. The van der Waals surface area contributed by atoms with Crippen LogP contribution in [0.4, 0.5) is 10.5 Å². The van der Waals surface area contributed by atoms with Crippen LogP contribution in [0.3, 0.4) is 0 Å². The van der Waals surface area contributed by atoms with Crippen LogP contribution >= 0.6 is 0 Å².